The first-order valence-corrected chi connectivity index (χ1v) is 7.44. The van der Waals surface area contributed by atoms with Crippen LogP contribution in [-0.4, -0.2) is 24.1 Å². The number of benzene rings is 1. The van der Waals surface area contributed by atoms with Crippen molar-refractivity contribution in [2.24, 2.45) is 5.92 Å². The summed E-state index contributed by atoms with van der Waals surface area (Å²) in [5, 5.41) is 15.4. The van der Waals surface area contributed by atoms with E-state index in [1.54, 1.807) is 0 Å². The third-order valence-corrected chi connectivity index (χ3v) is 3.84. The van der Waals surface area contributed by atoms with Crippen molar-refractivity contribution in [3.8, 4) is 0 Å². The molecule has 4 heteroatoms. The highest BCUT2D eigenvalue weighted by atomic mass is 16.3. The molecule has 1 amide bonds. The molecule has 0 spiro atoms. The van der Waals surface area contributed by atoms with Crippen molar-refractivity contribution < 1.29 is 9.90 Å². The Morgan fingerprint density at radius 1 is 1.40 bits per heavy atom. The maximum Gasteiger partial charge on any atom is 0.220 e. The molecule has 1 atom stereocenters. The number of nitrogens with one attached hydrogen (secondary N) is 2. The molecule has 110 valence electrons. The molecular formula is C16H24N2O2. The van der Waals surface area contributed by atoms with Crippen molar-refractivity contribution >= 4 is 5.91 Å². The van der Waals surface area contributed by atoms with Gasteiger partial charge in [0, 0.05) is 13.0 Å². The van der Waals surface area contributed by atoms with Crippen LogP contribution in [0.5, 0.6) is 0 Å². The summed E-state index contributed by atoms with van der Waals surface area (Å²) < 4.78 is 0. The van der Waals surface area contributed by atoms with Gasteiger partial charge >= 0.3 is 0 Å². The second-order valence-electron chi connectivity index (χ2n) is 5.51. The quantitative estimate of drug-likeness (QED) is 0.739. The van der Waals surface area contributed by atoms with Crippen molar-refractivity contribution in [3.05, 3.63) is 35.4 Å². The number of aliphatic hydroxyl groups is 1. The van der Waals surface area contributed by atoms with E-state index in [0.717, 1.165) is 30.6 Å². The Morgan fingerprint density at radius 2 is 2.25 bits per heavy atom. The number of hydrogen-bond donors (Lipinski definition) is 3. The number of hydrogen-bond acceptors (Lipinski definition) is 3. The zero-order valence-electron chi connectivity index (χ0n) is 11.9. The van der Waals surface area contributed by atoms with Gasteiger partial charge in [0.25, 0.3) is 0 Å². The third-order valence-electron chi connectivity index (χ3n) is 3.84. The van der Waals surface area contributed by atoms with E-state index in [1.165, 1.54) is 12.8 Å². The van der Waals surface area contributed by atoms with Crippen LogP contribution in [0.4, 0.5) is 0 Å². The van der Waals surface area contributed by atoms with E-state index in [1.807, 2.05) is 24.3 Å². The van der Waals surface area contributed by atoms with Gasteiger partial charge in [-0.3, -0.25) is 4.79 Å². The fraction of sp³-hybridized carbons (Fsp3) is 0.562. The average Bonchev–Trinajstić information content (AvgIpc) is 2.52. The smallest absolute Gasteiger partial charge is 0.220 e. The van der Waals surface area contributed by atoms with Crippen LogP contribution in [0, 0.1) is 5.92 Å². The molecule has 1 aromatic carbocycles. The van der Waals surface area contributed by atoms with Crippen LogP contribution in [0.15, 0.2) is 24.3 Å². The zero-order chi connectivity index (χ0) is 14.2. The van der Waals surface area contributed by atoms with Gasteiger partial charge in [-0.25, -0.2) is 0 Å². The van der Waals surface area contributed by atoms with Gasteiger partial charge in [-0.1, -0.05) is 24.3 Å². The first-order valence-electron chi connectivity index (χ1n) is 7.44. The molecule has 4 nitrogen and oxygen atoms in total. The van der Waals surface area contributed by atoms with Gasteiger partial charge in [0.1, 0.15) is 0 Å². The Hall–Kier alpha value is -1.39. The molecule has 1 saturated heterocycles. The molecule has 1 aliphatic rings. The van der Waals surface area contributed by atoms with Crippen molar-refractivity contribution in [2.45, 2.75) is 38.8 Å². The van der Waals surface area contributed by atoms with E-state index in [-0.39, 0.29) is 12.5 Å². The summed E-state index contributed by atoms with van der Waals surface area (Å²) in [6, 6.07) is 7.66. The standard InChI is InChI=1S/C16H24N2O2/c19-12-15-4-1-3-14(9-15)11-18-16(20)7-6-13-5-2-8-17-10-13/h1,3-4,9,13,17,19H,2,5-8,10-12H2,(H,18,20). The van der Waals surface area contributed by atoms with Gasteiger partial charge in [-0.2, -0.15) is 0 Å². The van der Waals surface area contributed by atoms with Gasteiger partial charge in [0.05, 0.1) is 6.61 Å². The molecule has 0 aromatic heterocycles. The Balaban J connectivity index is 1.68. The summed E-state index contributed by atoms with van der Waals surface area (Å²) in [6.07, 6.45) is 4.03. The second-order valence-corrected chi connectivity index (χ2v) is 5.51. The first-order chi connectivity index (χ1) is 9.78. The highest BCUT2D eigenvalue weighted by Gasteiger charge is 2.14. The van der Waals surface area contributed by atoms with Crippen molar-refractivity contribution in [1.82, 2.24) is 10.6 Å². The molecule has 1 heterocycles. The fourth-order valence-electron chi connectivity index (χ4n) is 2.63. The van der Waals surface area contributed by atoms with Crippen molar-refractivity contribution in [1.29, 1.82) is 0 Å². The molecule has 20 heavy (non-hydrogen) atoms. The highest BCUT2D eigenvalue weighted by Crippen LogP contribution is 2.15. The molecule has 2 rings (SSSR count). The molecule has 1 aromatic rings. The topological polar surface area (TPSA) is 61.4 Å². The maximum atomic E-state index is 11.8. The number of aliphatic hydroxyl groups excluding tert-OH is 1. The minimum absolute atomic E-state index is 0.0382. The van der Waals surface area contributed by atoms with Crippen LogP contribution in [0.2, 0.25) is 0 Å². The highest BCUT2D eigenvalue weighted by molar-refractivity contribution is 5.75. The van der Waals surface area contributed by atoms with Crippen LogP contribution in [0.25, 0.3) is 0 Å². The van der Waals surface area contributed by atoms with E-state index < -0.39 is 0 Å². The van der Waals surface area contributed by atoms with Crippen molar-refractivity contribution in [2.75, 3.05) is 13.1 Å². The Kier molecular flexibility index (Phi) is 6.02. The number of rotatable bonds is 6. The van der Waals surface area contributed by atoms with Crippen LogP contribution in [0.3, 0.4) is 0 Å². The molecule has 3 N–H and O–H groups in total. The number of carbonyl (C=O) groups excluding carboxylic acids is 1. The predicted octanol–water partition coefficient (Wildman–Crippen LogP) is 1.57. The third kappa shape index (κ3) is 4.94. The molecule has 1 fully saturated rings. The summed E-state index contributed by atoms with van der Waals surface area (Å²) in [6.45, 7) is 2.74. The van der Waals surface area contributed by atoms with Gasteiger partial charge in [-0.15, -0.1) is 0 Å². The Morgan fingerprint density at radius 3 is 3.00 bits per heavy atom. The molecule has 0 bridgehead atoms. The summed E-state index contributed by atoms with van der Waals surface area (Å²) in [4.78, 5) is 11.8. The molecule has 1 unspecified atom stereocenters. The number of carbonyl (C=O) groups is 1. The first kappa shape index (κ1) is 15.0. The zero-order valence-corrected chi connectivity index (χ0v) is 11.9. The summed E-state index contributed by atoms with van der Waals surface area (Å²) in [5.41, 5.74) is 1.91. The monoisotopic (exact) mass is 276 g/mol. The van der Waals surface area contributed by atoms with E-state index >= 15 is 0 Å². The molecule has 0 aliphatic carbocycles. The van der Waals surface area contributed by atoms with Gasteiger partial charge in [0.15, 0.2) is 0 Å². The van der Waals surface area contributed by atoms with E-state index in [9.17, 15) is 4.79 Å². The largest absolute Gasteiger partial charge is 0.392 e. The van der Waals surface area contributed by atoms with Gasteiger partial charge < -0.3 is 15.7 Å². The minimum Gasteiger partial charge on any atom is -0.392 e. The predicted molar refractivity (Wildman–Crippen MR) is 79.0 cm³/mol. The van der Waals surface area contributed by atoms with E-state index in [0.29, 0.717) is 18.9 Å². The van der Waals surface area contributed by atoms with Crippen LogP contribution in [-0.2, 0) is 17.9 Å². The van der Waals surface area contributed by atoms with E-state index in [4.69, 9.17) is 5.11 Å². The van der Waals surface area contributed by atoms with Crippen LogP contribution < -0.4 is 10.6 Å². The number of amides is 1. The number of piperidine rings is 1. The van der Waals surface area contributed by atoms with Crippen LogP contribution >= 0.6 is 0 Å². The lowest BCUT2D eigenvalue weighted by Crippen LogP contribution is -2.31. The fourth-order valence-corrected chi connectivity index (χ4v) is 2.63. The van der Waals surface area contributed by atoms with E-state index in [2.05, 4.69) is 10.6 Å². The lowest BCUT2D eigenvalue weighted by atomic mass is 9.94. The molecular weight excluding hydrogens is 252 g/mol. The molecule has 0 radical (unpaired) electrons. The van der Waals surface area contributed by atoms with Gasteiger partial charge in [-0.05, 0) is 49.4 Å². The second kappa shape index (κ2) is 8.02. The Bertz CT molecular complexity index is 428. The summed E-state index contributed by atoms with van der Waals surface area (Å²) in [7, 11) is 0. The Labute approximate surface area is 120 Å². The minimum atomic E-state index is 0.0382. The molecule has 0 saturated carbocycles. The van der Waals surface area contributed by atoms with Crippen LogP contribution in [0.1, 0.15) is 36.8 Å². The summed E-state index contributed by atoms with van der Waals surface area (Å²) >= 11 is 0. The maximum absolute atomic E-state index is 11.8. The SMILES string of the molecule is O=C(CCC1CCCNC1)NCc1cccc(CO)c1. The molecule has 1 aliphatic heterocycles. The lowest BCUT2D eigenvalue weighted by Gasteiger charge is -2.22. The average molecular weight is 276 g/mol. The van der Waals surface area contributed by atoms with Crippen molar-refractivity contribution in [3.63, 3.8) is 0 Å². The summed E-state index contributed by atoms with van der Waals surface area (Å²) in [5.74, 6) is 0.761. The van der Waals surface area contributed by atoms with Gasteiger partial charge in [0.2, 0.25) is 5.91 Å². The normalized spacial score (nSPS) is 18.8. The lowest BCUT2D eigenvalue weighted by molar-refractivity contribution is -0.121.